The Kier molecular flexibility index (Phi) is 3.17. The van der Waals surface area contributed by atoms with Gasteiger partial charge >= 0.3 is 0 Å². The standard InChI is InChI=1S/C13H17N5O2/c1-20-10-5-4-9-12(16-10)18(13(14)15-9)8-11(19)17-6-2-3-7-17/h4-5H,2-3,6-8H2,1H3,(H2,14,15). The van der Waals surface area contributed by atoms with Crippen LogP contribution >= 0.6 is 0 Å². The summed E-state index contributed by atoms with van der Waals surface area (Å²) in [7, 11) is 1.55. The van der Waals surface area contributed by atoms with Crippen LogP contribution in [-0.2, 0) is 11.3 Å². The van der Waals surface area contributed by atoms with Gasteiger partial charge in [0, 0.05) is 19.2 Å². The number of imidazole rings is 1. The molecule has 7 heteroatoms. The molecule has 1 aliphatic heterocycles. The van der Waals surface area contributed by atoms with E-state index in [4.69, 9.17) is 10.5 Å². The van der Waals surface area contributed by atoms with Gasteiger partial charge in [0.2, 0.25) is 17.7 Å². The number of carbonyl (C=O) groups is 1. The summed E-state index contributed by atoms with van der Waals surface area (Å²) in [4.78, 5) is 22.6. The number of ether oxygens (including phenoxy) is 1. The number of likely N-dealkylation sites (tertiary alicyclic amines) is 1. The van der Waals surface area contributed by atoms with Gasteiger partial charge < -0.3 is 15.4 Å². The summed E-state index contributed by atoms with van der Waals surface area (Å²) in [5, 5.41) is 0. The monoisotopic (exact) mass is 275 g/mol. The predicted octanol–water partition coefficient (Wildman–Crippen LogP) is 0.644. The van der Waals surface area contributed by atoms with E-state index in [9.17, 15) is 4.79 Å². The van der Waals surface area contributed by atoms with Crippen molar-refractivity contribution < 1.29 is 9.53 Å². The van der Waals surface area contributed by atoms with Gasteiger partial charge in [0.05, 0.1) is 7.11 Å². The van der Waals surface area contributed by atoms with Gasteiger partial charge in [-0.3, -0.25) is 9.36 Å². The number of hydrogen-bond donors (Lipinski definition) is 1. The zero-order valence-electron chi connectivity index (χ0n) is 11.4. The van der Waals surface area contributed by atoms with Crippen LogP contribution in [-0.4, -0.2) is 45.5 Å². The van der Waals surface area contributed by atoms with Gasteiger partial charge in [-0.25, -0.2) is 4.98 Å². The van der Waals surface area contributed by atoms with Gasteiger partial charge in [0.25, 0.3) is 0 Å². The molecule has 106 valence electrons. The Hall–Kier alpha value is -2.31. The molecule has 2 aromatic heterocycles. The highest BCUT2D eigenvalue weighted by atomic mass is 16.5. The number of fused-ring (bicyclic) bond motifs is 1. The molecule has 0 aromatic carbocycles. The Balaban J connectivity index is 1.93. The molecule has 1 aliphatic rings. The first kappa shape index (κ1) is 12.7. The summed E-state index contributed by atoms with van der Waals surface area (Å²) < 4.78 is 6.74. The van der Waals surface area contributed by atoms with Crippen molar-refractivity contribution >= 4 is 23.0 Å². The lowest BCUT2D eigenvalue weighted by molar-refractivity contribution is -0.130. The quantitative estimate of drug-likeness (QED) is 0.888. The minimum Gasteiger partial charge on any atom is -0.481 e. The van der Waals surface area contributed by atoms with Crippen LogP contribution in [0.25, 0.3) is 11.2 Å². The Labute approximate surface area is 116 Å². The summed E-state index contributed by atoms with van der Waals surface area (Å²) in [5.74, 6) is 0.832. The number of nitrogens with zero attached hydrogens (tertiary/aromatic N) is 4. The number of carbonyl (C=O) groups excluding carboxylic acids is 1. The van der Waals surface area contributed by atoms with Gasteiger partial charge in [-0.05, 0) is 18.9 Å². The van der Waals surface area contributed by atoms with Crippen LogP contribution in [0.5, 0.6) is 5.88 Å². The normalized spacial score (nSPS) is 14.9. The van der Waals surface area contributed by atoms with E-state index >= 15 is 0 Å². The molecule has 0 radical (unpaired) electrons. The van der Waals surface area contributed by atoms with E-state index in [-0.39, 0.29) is 12.5 Å². The lowest BCUT2D eigenvalue weighted by Crippen LogP contribution is -2.31. The molecule has 1 amide bonds. The van der Waals surface area contributed by atoms with E-state index in [0.29, 0.717) is 23.0 Å². The number of anilines is 1. The van der Waals surface area contributed by atoms with Crippen molar-refractivity contribution in [3.8, 4) is 5.88 Å². The molecule has 1 saturated heterocycles. The fourth-order valence-electron chi connectivity index (χ4n) is 2.47. The van der Waals surface area contributed by atoms with E-state index in [0.717, 1.165) is 25.9 Å². The average molecular weight is 275 g/mol. The van der Waals surface area contributed by atoms with Crippen LogP contribution in [0, 0.1) is 0 Å². The topological polar surface area (TPSA) is 86.3 Å². The fourth-order valence-corrected chi connectivity index (χ4v) is 2.47. The summed E-state index contributed by atoms with van der Waals surface area (Å²) in [5.41, 5.74) is 7.13. The highest BCUT2D eigenvalue weighted by Crippen LogP contribution is 2.20. The smallest absolute Gasteiger partial charge is 0.242 e. The summed E-state index contributed by atoms with van der Waals surface area (Å²) in [6.45, 7) is 1.81. The second-order valence-electron chi connectivity index (χ2n) is 4.84. The molecule has 0 unspecified atom stereocenters. The maximum absolute atomic E-state index is 12.2. The van der Waals surface area contributed by atoms with E-state index in [1.54, 1.807) is 23.8 Å². The molecule has 2 aromatic rings. The van der Waals surface area contributed by atoms with Crippen molar-refractivity contribution in [3.05, 3.63) is 12.1 Å². The number of nitrogen functional groups attached to an aromatic ring is 1. The van der Waals surface area contributed by atoms with Crippen LogP contribution < -0.4 is 10.5 Å². The largest absolute Gasteiger partial charge is 0.481 e. The first-order valence-corrected chi connectivity index (χ1v) is 6.63. The SMILES string of the molecule is COc1ccc2nc(N)n(CC(=O)N3CCCC3)c2n1. The van der Waals surface area contributed by atoms with Gasteiger partial charge in [0.15, 0.2) is 5.65 Å². The zero-order valence-corrected chi connectivity index (χ0v) is 11.4. The van der Waals surface area contributed by atoms with Crippen molar-refractivity contribution in [3.63, 3.8) is 0 Å². The fraction of sp³-hybridized carbons (Fsp3) is 0.462. The number of nitrogens with two attached hydrogens (primary N) is 1. The van der Waals surface area contributed by atoms with E-state index in [1.807, 2.05) is 4.90 Å². The second kappa shape index (κ2) is 4.99. The molecule has 2 N–H and O–H groups in total. The third-order valence-electron chi connectivity index (χ3n) is 3.56. The molecule has 1 fully saturated rings. The lowest BCUT2D eigenvalue weighted by atomic mass is 10.4. The molecule has 0 saturated carbocycles. The van der Waals surface area contributed by atoms with Crippen molar-refractivity contribution in [2.45, 2.75) is 19.4 Å². The van der Waals surface area contributed by atoms with Crippen LogP contribution in [0.3, 0.4) is 0 Å². The van der Waals surface area contributed by atoms with Crippen molar-refractivity contribution in [2.75, 3.05) is 25.9 Å². The van der Waals surface area contributed by atoms with Crippen LogP contribution in [0.15, 0.2) is 12.1 Å². The second-order valence-corrected chi connectivity index (χ2v) is 4.84. The highest BCUT2D eigenvalue weighted by molar-refractivity contribution is 5.81. The summed E-state index contributed by atoms with van der Waals surface area (Å²) >= 11 is 0. The zero-order chi connectivity index (χ0) is 14.1. The van der Waals surface area contributed by atoms with Gasteiger partial charge in [-0.1, -0.05) is 0 Å². The third-order valence-corrected chi connectivity index (χ3v) is 3.56. The molecule has 3 heterocycles. The maximum Gasteiger partial charge on any atom is 0.242 e. The van der Waals surface area contributed by atoms with E-state index in [2.05, 4.69) is 9.97 Å². The third kappa shape index (κ3) is 2.15. The lowest BCUT2D eigenvalue weighted by Gasteiger charge is -2.16. The van der Waals surface area contributed by atoms with E-state index in [1.165, 1.54) is 0 Å². The molecular weight excluding hydrogens is 258 g/mol. The number of amides is 1. The molecule has 7 nitrogen and oxygen atoms in total. The Morgan fingerprint density at radius 1 is 1.35 bits per heavy atom. The maximum atomic E-state index is 12.2. The molecule has 20 heavy (non-hydrogen) atoms. The molecule has 3 rings (SSSR count). The number of pyridine rings is 1. The van der Waals surface area contributed by atoms with Crippen molar-refractivity contribution in [1.82, 2.24) is 19.4 Å². The predicted molar refractivity (Wildman–Crippen MR) is 74.3 cm³/mol. The summed E-state index contributed by atoms with van der Waals surface area (Å²) in [6.07, 6.45) is 2.13. The van der Waals surface area contributed by atoms with Crippen molar-refractivity contribution in [2.24, 2.45) is 0 Å². The summed E-state index contributed by atoms with van der Waals surface area (Å²) in [6, 6.07) is 3.51. The number of hydrogen-bond acceptors (Lipinski definition) is 5. The van der Waals surface area contributed by atoms with Crippen LogP contribution in [0.1, 0.15) is 12.8 Å². The number of methoxy groups -OCH3 is 1. The van der Waals surface area contributed by atoms with E-state index < -0.39 is 0 Å². The Morgan fingerprint density at radius 2 is 2.10 bits per heavy atom. The first-order chi connectivity index (χ1) is 9.69. The molecule has 0 bridgehead atoms. The molecule has 0 aliphatic carbocycles. The minimum absolute atomic E-state index is 0.0538. The van der Waals surface area contributed by atoms with Crippen molar-refractivity contribution in [1.29, 1.82) is 0 Å². The highest BCUT2D eigenvalue weighted by Gasteiger charge is 2.20. The Morgan fingerprint density at radius 3 is 2.80 bits per heavy atom. The Bertz CT molecular complexity index is 645. The average Bonchev–Trinajstić information content (AvgIpc) is 3.07. The minimum atomic E-state index is 0.0538. The number of rotatable bonds is 3. The number of aromatic nitrogens is 3. The molecular formula is C13H17N5O2. The first-order valence-electron chi connectivity index (χ1n) is 6.63. The van der Waals surface area contributed by atoms with Gasteiger partial charge in [-0.15, -0.1) is 0 Å². The molecule has 0 atom stereocenters. The van der Waals surface area contributed by atoms with Crippen LogP contribution in [0.2, 0.25) is 0 Å². The van der Waals surface area contributed by atoms with Crippen LogP contribution in [0.4, 0.5) is 5.95 Å². The van der Waals surface area contributed by atoms with Gasteiger partial charge in [0.1, 0.15) is 12.1 Å². The van der Waals surface area contributed by atoms with Gasteiger partial charge in [-0.2, -0.15) is 4.98 Å². The molecule has 0 spiro atoms.